The van der Waals surface area contributed by atoms with Crippen LogP contribution in [-0.4, -0.2) is 25.0 Å². The van der Waals surface area contributed by atoms with Gasteiger partial charge in [-0.3, -0.25) is 4.79 Å². The van der Waals surface area contributed by atoms with Crippen LogP contribution in [-0.2, 0) is 20.7 Å². The Morgan fingerprint density at radius 3 is 2.40 bits per heavy atom. The number of benzene rings is 1. The molecule has 1 aromatic rings. The predicted molar refractivity (Wildman–Crippen MR) is 68.8 cm³/mol. The maximum atomic E-state index is 13.0. The van der Waals surface area contributed by atoms with Gasteiger partial charge in [-0.2, -0.15) is 0 Å². The lowest BCUT2D eigenvalue weighted by molar-refractivity contribution is -0.146. The highest BCUT2D eigenvalue weighted by atomic mass is 19.2. The van der Waals surface area contributed by atoms with Crippen molar-refractivity contribution in [1.29, 1.82) is 0 Å². The third-order valence-corrected chi connectivity index (χ3v) is 2.79. The molecule has 0 radical (unpaired) electrons. The van der Waals surface area contributed by atoms with Crippen LogP contribution in [0.5, 0.6) is 0 Å². The largest absolute Gasteiger partial charge is 0.467 e. The van der Waals surface area contributed by atoms with Crippen molar-refractivity contribution in [1.82, 2.24) is 5.32 Å². The second-order valence-corrected chi connectivity index (χ2v) is 4.74. The van der Waals surface area contributed by atoms with E-state index in [1.807, 2.05) is 0 Å². The number of carbonyl (C=O) groups is 2. The Kier molecular flexibility index (Phi) is 5.61. The molecule has 110 valence electrons. The topological polar surface area (TPSA) is 55.4 Å². The Morgan fingerprint density at radius 2 is 1.90 bits per heavy atom. The van der Waals surface area contributed by atoms with Gasteiger partial charge in [0.25, 0.3) is 0 Å². The van der Waals surface area contributed by atoms with Gasteiger partial charge < -0.3 is 10.1 Å². The number of hydrogen-bond donors (Lipinski definition) is 1. The van der Waals surface area contributed by atoms with E-state index in [1.165, 1.54) is 13.2 Å². The summed E-state index contributed by atoms with van der Waals surface area (Å²) < 4.78 is 30.4. The first-order valence-electron chi connectivity index (χ1n) is 6.16. The molecule has 0 spiro atoms. The Labute approximate surface area is 116 Å². The first-order valence-corrected chi connectivity index (χ1v) is 6.16. The zero-order valence-electron chi connectivity index (χ0n) is 11.6. The number of carbonyl (C=O) groups excluding carboxylic acids is 2. The third-order valence-electron chi connectivity index (χ3n) is 2.79. The fourth-order valence-corrected chi connectivity index (χ4v) is 1.68. The standard InChI is InChI=1S/C14H17F2NO3/c1-8(2)13(14(19)20-3)17-12(18)7-9-4-5-10(15)11(16)6-9/h4-6,8,13H,7H2,1-3H3,(H,17,18). The highest BCUT2D eigenvalue weighted by Gasteiger charge is 2.24. The summed E-state index contributed by atoms with van der Waals surface area (Å²) >= 11 is 0. The monoisotopic (exact) mass is 285 g/mol. The van der Waals surface area contributed by atoms with Crippen molar-refractivity contribution in [3.05, 3.63) is 35.4 Å². The third kappa shape index (κ3) is 4.29. The van der Waals surface area contributed by atoms with Crippen LogP contribution < -0.4 is 5.32 Å². The van der Waals surface area contributed by atoms with E-state index in [4.69, 9.17) is 0 Å². The van der Waals surface area contributed by atoms with Gasteiger partial charge in [-0.05, 0) is 23.6 Å². The van der Waals surface area contributed by atoms with Crippen molar-refractivity contribution < 1.29 is 23.1 Å². The molecule has 20 heavy (non-hydrogen) atoms. The van der Waals surface area contributed by atoms with Crippen LogP contribution in [0.3, 0.4) is 0 Å². The van der Waals surface area contributed by atoms with Gasteiger partial charge in [0.15, 0.2) is 11.6 Å². The molecule has 0 heterocycles. The number of halogens is 2. The zero-order valence-corrected chi connectivity index (χ0v) is 11.6. The molecule has 0 aromatic heterocycles. The lowest BCUT2D eigenvalue weighted by atomic mass is 10.0. The van der Waals surface area contributed by atoms with Crippen molar-refractivity contribution in [2.24, 2.45) is 5.92 Å². The van der Waals surface area contributed by atoms with Crippen molar-refractivity contribution in [3.8, 4) is 0 Å². The number of methoxy groups -OCH3 is 1. The normalized spacial score (nSPS) is 12.1. The van der Waals surface area contributed by atoms with Gasteiger partial charge in [-0.1, -0.05) is 19.9 Å². The fraction of sp³-hybridized carbons (Fsp3) is 0.429. The molecule has 0 aliphatic heterocycles. The van der Waals surface area contributed by atoms with Crippen LogP contribution >= 0.6 is 0 Å². The average Bonchev–Trinajstić information content (AvgIpc) is 2.39. The van der Waals surface area contributed by atoms with Gasteiger partial charge in [0.1, 0.15) is 6.04 Å². The van der Waals surface area contributed by atoms with Gasteiger partial charge in [0.2, 0.25) is 5.91 Å². The molecule has 0 aliphatic carbocycles. The summed E-state index contributed by atoms with van der Waals surface area (Å²) in [6.45, 7) is 3.53. The fourth-order valence-electron chi connectivity index (χ4n) is 1.68. The highest BCUT2D eigenvalue weighted by molar-refractivity contribution is 5.85. The van der Waals surface area contributed by atoms with Crippen LogP contribution in [0.2, 0.25) is 0 Å². The number of rotatable bonds is 5. The average molecular weight is 285 g/mol. The number of hydrogen-bond acceptors (Lipinski definition) is 3. The second-order valence-electron chi connectivity index (χ2n) is 4.74. The Bertz CT molecular complexity index is 503. The Balaban J connectivity index is 2.70. The second kappa shape index (κ2) is 6.98. The van der Waals surface area contributed by atoms with E-state index in [9.17, 15) is 18.4 Å². The molecule has 1 amide bonds. The molecule has 0 aliphatic rings. The number of esters is 1. The first kappa shape index (κ1) is 16.1. The lowest BCUT2D eigenvalue weighted by Gasteiger charge is -2.19. The summed E-state index contributed by atoms with van der Waals surface area (Å²) in [6, 6.07) is 2.47. The van der Waals surface area contributed by atoms with E-state index < -0.39 is 29.6 Å². The van der Waals surface area contributed by atoms with Crippen LogP contribution in [0.25, 0.3) is 0 Å². The minimum atomic E-state index is -1.01. The summed E-state index contributed by atoms with van der Waals surface area (Å²) in [5.74, 6) is -3.12. The van der Waals surface area contributed by atoms with Crippen LogP contribution in [0.4, 0.5) is 8.78 Å². The van der Waals surface area contributed by atoms with Crippen LogP contribution in [0.15, 0.2) is 18.2 Å². The van der Waals surface area contributed by atoms with Crippen molar-refractivity contribution in [2.75, 3.05) is 7.11 Å². The van der Waals surface area contributed by atoms with Crippen LogP contribution in [0, 0.1) is 17.6 Å². The molecule has 1 aromatic carbocycles. The summed E-state index contributed by atoms with van der Waals surface area (Å²) in [7, 11) is 1.24. The molecule has 6 heteroatoms. The molecule has 0 bridgehead atoms. The maximum Gasteiger partial charge on any atom is 0.328 e. The number of amides is 1. The molecule has 1 N–H and O–H groups in total. The Morgan fingerprint density at radius 1 is 1.25 bits per heavy atom. The molecule has 1 rings (SSSR count). The molecule has 4 nitrogen and oxygen atoms in total. The van der Waals surface area contributed by atoms with E-state index in [1.54, 1.807) is 13.8 Å². The Hall–Kier alpha value is -1.98. The number of ether oxygens (including phenoxy) is 1. The van der Waals surface area contributed by atoms with E-state index in [0.717, 1.165) is 12.1 Å². The summed E-state index contributed by atoms with van der Waals surface area (Å²) in [6.07, 6.45) is -0.141. The molecule has 0 fully saturated rings. The number of nitrogens with one attached hydrogen (secondary N) is 1. The quantitative estimate of drug-likeness (QED) is 0.840. The minimum absolute atomic E-state index is 0.141. The van der Waals surface area contributed by atoms with Crippen molar-refractivity contribution >= 4 is 11.9 Å². The molecular formula is C14H17F2NO3. The molecule has 1 atom stereocenters. The van der Waals surface area contributed by atoms with E-state index in [2.05, 4.69) is 10.1 Å². The molecule has 0 saturated carbocycles. The van der Waals surface area contributed by atoms with E-state index in [-0.39, 0.29) is 12.3 Å². The highest BCUT2D eigenvalue weighted by Crippen LogP contribution is 2.10. The van der Waals surface area contributed by atoms with Gasteiger partial charge in [0.05, 0.1) is 13.5 Å². The summed E-state index contributed by atoms with van der Waals surface area (Å²) in [5, 5.41) is 2.52. The van der Waals surface area contributed by atoms with Gasteiger partial charge in [-0.15, -0.1) is 0 Å². The minimum Gasteiger partial charge on any atom is -0.467 e. The first-order chi connectivity index (χ1) is 9.35. The van der Waals surface area contributed by atoms with Gasteiger partial charge in [0, 0.05) is 0 Å². The van der Waals surface area contributed by atoms with Gasteiger partial charge >= 0.3 is 5.97 Å². The molecule has 1 unspecified atom stereocenters. The predicted octanol–water partition coefficient (Wildman–Crippen LogP) is 1.82. The van der Waals surface area contributed by atoms with Gasteiger partial charge in [-0.25, -0.2) is 13.6 Å². The lowest BCUT2D eigenvalue weighted by Crippen LogP contribution is -2.45. The smallest absolute Gasteiger partial charge is 0.328 e. The summed E-state index contributed by atoms with van der Waals surface area (Å²) in [5.41, 5.74) is 0.328. The van der Waals surface area contributed by atoms with E-state index in [0.29, 0.717) is 5.56 Å². The zero-order chi connectivity index (χ0) is 15.3. The van der Waals surface area contributed by atoms with E-state index >= 15 is 0 Å². The molecular weight excluding hydrogens is 268 g/mol. The van der Waals surface area contributed by atoms with Crippen LogP contribution in [0.1, 0.15) is 19.4 Å². The van der Waals surface area contributed by atoms with Crippen molar-refractivity contribution in [2.45, 2.75) is 26.3 Å². The van der Waals surface area contributed by atoms with Crippen molar-refractivity contribution in [3.63, 3.8) is 0 Å². The summed E-state index contributed by atoms with van der Waals surface area (Å²) in [4.78, 5) is 23.3. The molecule has 0 saturated heterocycles. The maximum absolute atomic E-state index is 13.0. The SMILES string of the molecule is COC(=O)C(NC(=O)Cc1ccc(F)c(F)c1)C(C)C.